The largest absolute Gasteiger partial charge is 0.433 e. The van der Waals surface area contributed by atoms with E-state index in [2.05, 4.69) is 15.0 Å². The first kappa shape index (κ1) is 21.2. The molecule has 29 heavy (non-hydrogen) atoms. The maximum Gasteiger partial charge on any atom is 0.433 e. The van der Waals surface area contributed by atoms with E-state index in [9.17, 15) is 30.0 Å². The first-order valence-corrected chi connectivity index (χ1v) is 11.6. The Morgan fingerprint density at radius 1 is 1.00 bits per heavy atom. The molecular formula is C16H15F3N4O4S2. The van der Waals surface area contributed by atoms with Gasteiger partial charge in [0.05, 0.1) is 16.4 Å². The Balaban J connectivity index is 2.29. The van der Waals surface area contributed by atoms with Crippen molar-refractivity contribution < 1.29 is 30.0 Å². The first-order valence-electron chi connectivity index (χ1n) is 8.28. The van der Waals surface area contributed by atoms with Crippen LogP contribution >= 0.6 is 0 Å². The predicted molar refractivity (Wildman–Crippen MR) is 96.7 cm³/mol. The molecule has 3 heterocycles. The van der Waals surface area contributed by atoms with Crippen LogP contribution in [0, 0.1) is 0 Å². The number of aromatic nitrogens is 4. The van der Waals surface area contributed by atoms with Gasteiger partial charge in [0.25, 0.3) is 0 Å². The van der Waals surface area contributed by atoms with Crippen LogP contribution in [0.25, 0.3) is 17.0 Å². The summed E-state index contributed by atoms with van der Waals surface area (Å²) in [6, 6.07) is 2.90. The molecule has 0 spiro atoms. The number of nitrogens with zero attached hydrogens (tertiary/aromatic N) is 4. The fourth-order valence-corrected chi connectivity index (χ4v) is 4.33. The quantitative estimate of drug-likeness (QED) is 0.589. The molecule has 0 unspecified atom stereocenters. The number of fused-ring (bicyclic) bond motifs is 1. The Kier molecular flexibility index (Phi) is 5.15. The Morgan fingerprint density at radius 3 is 2.24 bits per heavy atom. The second-order valence-corrected chi connectivity index (χ2v) is 10.4. The topological polar surface area (TPSA) is 111 Å². The molecule has 3 aromatic rings. The van der Waals surface area contributed by atoms with Gasteiger partial charge in [-0.1, -0.05) is 13.8 Å². The minimum absolute atomic E-state index is 0.0914. The summed E-state index contributed by atoms with van der Waals surface area (Å²) in [5.74, 6) is -0.544. The van der Waals surface area contributed by atoms with Crippen molar-refractivity contribution in [3.8, 4) is 11.4 Å². The van der Waals surface area contributed by atoms with Crippen LogP contribution in [0.2, 0.25) is 0 Å². The van der Waals surface area contributed by atoms with Gasteiger partial charge in [0.1, 0.15) is 29.1 Å². The molecule has 0 aliphatic rings. The lowest BCUT2D eigenvalue weighted by Crippen LogP contribution is -2.11. The minimum atomic E-state index is -4.68. The average molecular weight is 448 g/mol. The lowest BCUT2D eigenvalue weighted by molar-refractivity contribution is -0.141. The summed E-state index contributed by atoms with van der Waals surface area (Å²) in [5, 5.41) is -0.351. The molecule has 13 heteroatoms. The summed E-state index contributed by atoms with van der Waals surface area (Å²) in [4.78, 5) is 11.0. The van der Waals surface area contributed by atoms with Gasteiger partial charge in [-0.05, 0) is 12.1 Å². The van der Waals surface area contributed by atoms with Crippen molar-refractivity contribution in [3.05, 3.63) is 36.4 Å². The molecule has 0 aliphatic heterocycles. The number of hydrogen-bond donors (Lipinski definition) is 0. The first-order chi connectivity index (χ1) is 13.4. The lowest BCUT2D eigenvalue weighted by atomic mass is 10.3. The summed E-state index contributed by atoms with van der Waals surface area (Å²) < 4.78 is 89.0. The van der Waals surface area contributed by atoms with Crippen LogP contribution in [-0.2, 0) is 25.9 Å². The van der Waals surface area contributed by atoms with Crippen molar-refractivity contribution >= 4 is 25.3 Å². The second kappa shape index (κ2) is 7.06. The molecule has 0 amide bonds. The van der Waals surface area contributed by atoms with E-state index in [1.54, 1.807) is 0 Å². The van der Waals surface area contributed by atoms with Crippen LogP contribution in [0.1, 0.15) is 19.5 Å². The third-order valence-corrected chi connectivity index (χ3v) is 7.51. The Labute approximate surface area is 164 Å². The van der Waals surface area contributed by atoms with E-state index >= 15 is 0 Å². The number of sulfone groups is 2. The van der Waals surface area contributed by atoms with Crippen molar-refractivity contribution in [2.75, 3.05) is 11.5 Å². The van der Waals surface area contributed by atoms with E-state index < -0.39 is 31.5 Å². The number of alkyl halides is 3. The molecule has 3 rings (SSSR count). The molecular weight excluding hydrogens is 433 g/mol. The van der Waals surface area contributed by atoms with Gasteiger partial charge in [-0.25, -0.2) is 31.8 Å². The number of hydrogen-bond acceptors (Lipinski definition) is 7. The zero-order chi connectivity index (χ0) is 21.6. The molecule has 0 N–H and O–H groups in total. The third-order valence-electron chi connectivity index (χ3n) is 4.13. The van der Waals surface area contributed by atoms with Crippen LogP contribution in [-0.4, -0.2) is 47.7 Å². The van der Waals surface area contributed by atoms with Gasteiger partial charge in [0.2, 0.25) is 0 Å². The molecule has 3 aromatic heterocycles. The van der Waals surface area contributed by atoms with Crippen LogP contribution < -0.4 is 0 Å². The van der Waals surface area contributed by atoms with Crippen molar-refractivity contribution in [3.63, 3.8) is 0 Å². The second-order valence-electron chi connectivity index (χ2n) is 5.97. The van der Waals surface area contributed by atoms with Gasteiger partial charge < -0.3 is 0 Å². The molecule has 0 radical (unpaired) electrons. The zero-order valence-corrected chi connectivity index (χ0v) is 16.8. The monoisotopic (exact) mass is 448 g/mol. The maximum absolute atomic E-state index is 12.9. The number of rotatable bonds is 5. The van der Waals surface area contributed by atoms with E-state index in [1.165, 1.54) is 20.0 Å². The highest BCUT2D eigenvalue weighted by atomic mass is 32.2. The van der Waals surface area contributed by atoms with E-state index in [4.69, 9.17) is 0 Å². The number of pyridine rings is 1. The summed E-state index contributed by atoms with van der Waals surface area (Å²) in [5.41, 5.74) is -1.66. The van der Waals surface area contributed by atoms with Gasteiger partial charge in [-0.3, -0.25) is 4.40 Å². The Morgan fingerprint density at radius 2 is 1.66 bits per heavy atom. The fourth-order valence-electron chi connectivity index (χ4n) is 2.50. The van der Waals surface area contributed by atoms with E-state index in [-0.39, 0.29) is 38.5 Å². The van der Waals surface area contributed by atoms with Gasteiger partial charge in [-0.15, -0.1) is 0 Å². The molecule has 0 aliphatic carbocycles. The summed E-state index contributed by atoms with van der Waals surface area (Å²) in [7, 11) is -7.57. The zero-order valence-electron chi connectivity index (χ0n) is 15.2. The average Bonchev–Trinajstić information content (AvgIpc) is 3.10. The van der Waals surface area contributed by atoms with Crippen molar-refractivity contribution in [2.24, 2.45) is 0 Å². The molecule has 0 saturated carbocycles. The number of imidazole rings is 1. The normalized spacial score (nSPS) is 13.1. The third kappa shape index (κ3) is 3.96. The Bertz CT molecular complexity index is 1300. The predicted octanol–water partition coefficient (Wildman–Crippen LogP) is 2.40. The van der Waals surface area contributed by atoms with Gasteiger partial charge in [-0.2, -0.15) is 13.2 Å². The Hall–Kier alpha value is -2.54. The summed E-state index contributed by atoms with van der Waals surface area (Å²) >= 11 is 0. The van der Waals surface area contributed by atoms with Crippen molar-refractivity contribution in [1.82, 2.24) is 19.4 Å². The maximum atomic E-state index is 12.9. The van der Waals surface area contributed by atoms with E-state index in [0.717, 1.165) is 22.9 Å². The summed E-state index contributed by atoms with van der Waals surface area (Å²) in [6.07, 6.45) is -2.56. The minimum Gasteiger partial charge on any atom is -0.290 e. The van der Waals surface area contributed by atoms with Crippen LogP contribution in [0.15, 0.2) is 40.6 Å². The fraction of sp³-hybridized carbons (Fsp3) is 0.312. The number of halogens is 3. The van der Waals surface area contributed by atoms with Gasteiger partial charge >= 0.3 is 6.18 Å². The van der Waals surface area contributed by atoms with Crippen molar-refractivity contribution in [2.45, 2.75) is 29.9 Å². The van der Waals surface area contributed by atoms with Crippen LogP contribution in [0.5, 0.6) is 0 Å². The summed E-state index contributed by atoms with van der Waals surface area (Å²) in [6.45, 7) is 2.81. The lowest BCUT2D eigenvalue weighted by Gasteiger charge is -2.09. The molecule has 8 nitrogen and oxygen atoms in total. The molecule has 0 bridgehead atoms. The van der Waals surface area contributed by atoms with Crippen LogP contribution in [0.3, 0.4) is 0 Å². The smallest absolute Gasteiger partial charge is 0.290 e. The SMILES string of the molecule is CCS(=O)(=O)c1ccc(S(=O)(=O)CC)c(-c2cn3cnc(C(F)(F)F)cc3n2)n1. The highest BCUT2D eigenvalue weighted by Gasteiger charge is 2.33. The van der Waals surface area contributed by atoms with E-state index in [1.807, 2.05) is 0 Å². The highest BCUT2D eigenvalue weighted by Crippen LogP contribution is 2.30. The molecule has 0 fully saturated rings. The van der Waals surface area contributed by atoms with E-state index in [0.29, 0.717) is 6.07 Å². The van der Waals surface area contributed by atoms with Gasteiger partial charge in [0.15, 0.2) is 24.7 Å². The molecule has 0 atom stereocenters. The van der Waals surface area contributed by atoms with Crippen LogP contribution in [0.4, 0.5) is 13.2 Å². The molecule has 0 saturated heterocycles. The van der Waals surface area contributed by atoms with Gasteiger partial charge in [0, 0.05) is 12.3 Å². The van der Waals surface area contributed by atoms with Crippen molar-refractivity contribution in [1.29, 1.82) is 0 Å². The highest BCUT2D eigenvalue weighted by molar-refractivity contribution is 7.91. The molecule has 0 aromatic carbocycles. The standard InChI is InChI=1S/C16H15F3N4O4S2/c1-3-28(24,25)11-5-6-14(29(26,27)4-2)22-15(11)10-8-23-9-20-12(16(17,18)19)7-13(23)21-10/h5-9H,3-4H2,1-2H3. The molecule has 156 valence electrons.